The van der Waals surface area contributed by atoms with E-state index in [-0.39, 0.29) is 5.82 Å². The number of aliphatic hydroxyl groups is 1. The van der Waals surface area contributed by atoms with E-state index < -0.39 is 6.10 Å². The van der Waals surface area contributed by atoms with E-state index in [0.717, 1.165) is 5.56 Å². The number of aliphatic hydroxyl groups excluding tert-OH is 1. The van der Waals surface area contributed by atoms with Crippen LogP contribution in [0, 0.1) is 5.82 Å². The molecule has 0 aliphatic carbocycles. The second-order valence-corrected chi connectivity index (χ2v) is 4.63. The van der Waals surface area contributed by atoms with Crippen molar-refractivity contribution in [2.24, 2.45) is 0 Å². The van der Waals surface area contributed by atoms with Gasteiger partial charge >= 0.3 is 0 Å². The van der Waals surface area contributed by atoms with Crippen LogP contribution < -0.4 is 0 Å². The normalized spacial score (nSPS) is 13.2. The summed E-state index contributed by atoms with van der Waals surface area (Å²) in [7, 11) is 3.79. The fraction of sp³-hybridized carbons (Fsp3) is 0.455. The highest BCUT2D eigenvalue weighted by molar-refractivity contribution is 9.10. The quantitative estimate of drug-likeness (QED) is 0.909. The fourth-order valence-electron chi connectivity index (χ4n) is 1.45. The Bertz CT molecular complexity index is 330. The molecule has 84 valence electrons. The molecule has 0 saturated heterocycles. The molecule has 1 rings (SSSR count). The van der Waals surface area contributed by atoms with Gasteiger partial charge in [-0.05, 0) is 41.7 Å². The monoisotopic (exact) mass is 275 g/mol. The van der Waals surface area contributed by atoms with Gasteiger partial charge in [0.25, 0.3) is 0 Å². The summed E-state index contributed by atoms with van der Waals surface area (Å²) >= 11 is 3.18. The molecule has 1 atom stereocenters. The molecule has 1 N–H and O–H groups in total. The van der Waals surface area contributed by atoms with Crippen molar-refractivity contribution in [3.63, 3.8) is 0 Å². The number of likely N-dealkylation sites (N-methyl/N-ethyl adjacent to an activating group) is 1. The van der Waals surface area contributed by atoms with E-state index >= 15 is 0 Å². The zero-order valence-corrected chi connectivity index (χ0v) is 10.5. The average molecular weight is 276 g/mol. The molecule has 0 amide bonds. The number of benzene rings is 1. The summed E-state index contributed by atoms with van der Waals surface area (Å²) in [5.41, 5.74) is 0.796. The standard InChI is InChI=1S/C11H15BrFNO/c1-14(2)7-9(15)6-8-4-3-5-10(13)11(8)12/h3-5,9,15H,6-7H2,1-2H3. The summed E-state index contributed by atoms with van der Waals surface area (Å²) in [5.74, 6) is -0.287. The summed E-state index contributed by atoms with van der Waals surface area (Å²) < 4.78 is 13.6. The summed E-state index contributed by atoms with van der Waals surface area (Å²) in [4.78, 5) is 1.90. The number of halogens is 2. The Kier molecular flexibility index (Phi) is 4.70. The predicted molar refractivity (Wildman–Crippen MR) is 62.4 cm³/mol. The van der Waals surface area contributed by atoms with Crippen molar-refractivity contribution in [2.75, 3.05) is 20.6 Å². The van der Waals surface area contributed by atoms with Gasteiger partial charge in [-0.25, -0.2) is 4.39 Å². The van der Waals surface area contributed by atoms with Crippen LogP contribution in [-0.2, 0) is 6.42 Å². The molecule has 2 nitrogen and oxygen atoms in total. The van der Waals surface area contributed by atoms with Crippen LogP contribution in [0.25, 0.3) is 0 Å². The first-order valence-electron chi connectivity index (χ1n) is 4.76. The third-order valence-corrected chi connectivity index (χ3v) is 2.95. The minimum Gasteiger partial charge on any atom is -0.391 e. The van der Waals surface area contributed by atoms with Crippen molar-refractivity contribution in [1.82, 2.24) is 4.90 Å². The highest BCUT2D eigenvalue weighted by atomic mass is 79.9. The molecule has 0 aromatic heterocycles. The molecule has 0 aliphatic rings. The summed E-state index contributed by atoms with van der Waals surface area (Å²) in [6.45, 7) is 0.572. The van der Waals surface area contributed by atoms with Crippen LogP contribution >= 0.6 is 15.9 Å². The molecular formula is C11H15BrFNO. The van der Waals surface area contributed by atoms with Gasteiger partial charge in [0.2, 0.25) is 0 Å². The molecule has 0 bridgehead atoms. The van der Waals surface area contributed by atoms with Gasteiger partial charge in [0.1, 0.15) is 5.82 Å². The number of hydrogen-bond donors (Lipinski definition) is 1. The molecule has 0 spiro atoms. The lowest BCUT2D eigenvalue weighted by Gasteiger charge is -2.16. The summed E-state index contributed by atoms with van der Waals surface area (Å²) in [6, 6.07) is 4.86. The molecule has 0 fully saturated rings. The van der Waals surface area contributed by atoms with Gasteiger partial charge in [0, 0.05) is 13.0 Å². The number of hydrogen-bond acceptors (Lipinski definition) is 2. The second-order valence-electron chi connectivity index (χ2n) is 3.83. The van der Waals surface area contributed by atoms with Gasteiger partial charge in [0.05, 0.1) is 10.6 Å². The van der Waals surface area contributed by atoms with Crippen molar-refractivity contribution in [3.05, 3.63) is 34.1 Å². The molecule has 1 aromatic carbocycles. The van der Waals surface area contributed by atoms with Crippen LogP contribution in [0.4, 0.5) is 4.39 Å². The van der Waals surface area contributed by atoms with Gasteiger partial charge in [-0.1, -0.05) is 12.1 Å². The van der Waals surface area contributed by atoms with Crippen LogP contribution in [0.1, 0.15) is 5.56 Å². The van der Waals surface area contributed by atoms with Crippen molar-refractivity contribution < 1.29 is 9.50 Å². The molecule has 0 heterocycles. The van der Waals surface area contributed by atoms with Crippen molar-refractivity contribution in [2.45, 2.75) is 12.5 Å². The van der Waals surface area contributed by atoms with E-state index in [2.05, 4.69) is 15.9 Å². The van der Waals surface area contributed by atoms with Gasteiger partial charge in [-0.15, -0.1) is 0 Å². The van der Waals surface area contributed by atoms with Gasteiger partial charge in [-0.3, -0.25) is 0 Å². The van der Waals surface area contributed by atoms with Crippen molar-refractivity contribution in [3.8, 4) is 0 Å². The maximum atomic E-state index is 13.2. The molecule has 0 aliphatic heterocycles. The van der Waals surface area contributed by atoms with E-state index in [4.69, 9.17) is 0 Å². The fourth-order valence-corrected chi connectivity index (χ4v) is 1.87. The molecular weight excluding hydrogens is 261 g/mol. The highest BCUT2D eigenvalue weighted by Gasteiger charge is 2.11. The van der Waals surface area contributed by atoms with E-state index in [1.165, 1.54) is 6.07 Å². The van der Waals surface area contributed by atoms with E-state index in [9.17, 15) is 9.50 Å². The predicted octanol–water partition coefficient (Wildman–Crippen LogP) is 2.05. The molecule has 0 radical (unpaired) electrons. The Morgan fingerprint density at radius 3 is 2.73 bits per heavy atom. The minimum atomic E-state index is -0.474. The molecule has 1 unspecified atom stereocenters. The Labute approximate surface area is 97.8 Å². The minimum absolute atomic E-state index is 0.287. The largest absolute Gasteiger partial charge is 0.391 e. The Morgan fingerprint density at radius 1 is 1.47 bits per heavy atom. The SMILES string of the molecule is CN(C)CC(O)Cc1cccc(F)c1Br. The molecule has 4 heteroatoms. The van der Waals surface area contributed by atoms with Gasteiger partial charge in [-0.2, -0.15) is 0 Å². The molecule has 1 aromatic rings. The topological polar surface area (TPSA) is 23.5 Å². The Morgan fingerprint density at radius 2 is 2.13 bits per heavy atom. The van der Waals surface area contributed by atoms with Gasteiger partial charge < -0.3 is 10.0 Å². The van der Waals surface area contributed by atoms with Crippen LogP contribution in [0.3, 0.4) is 0 Å². The number of rotatable bonds is 4. The molecule has 15 heavy (non-hydrogen) atoms. The van der Waals surface area contributed by atoms with Crippen LogP contribution in [0.2, 0.25) is 0 Å². The lowest BCUT2D eigenvalue weighted by atomic mass is 10.1. The van der Waals surface area contributed by atoms with E-state index in [0.29, 0.717) is 17.4 Å². The van der Waals surface area contributed by atoms with Crippen molar-refractivity contribution >= 4 is 15.9 Å². The van der Waals surface area contributed by atoms with Crippen LogP contribution in [0.15, 0.2) is 22.7 Å². The zero-order chi connectivity index (χ0) is 11.4. The lowest BCUT2D eigenvalue weighted by molar-refractivity contribution is 0.137. The van der Waals surface area contributed by atoms with Crippen LogP contribution in [-0.4, -0.2) is 36.8 Å². The average Bonchev–Trinajstić information content (AvgIpc) is 2.11. The zero-order valence-electron chi connectivity index (χ0n) is 8.87. The summed E-state index contributed by atoms with van der Waals surface area (Å²) in [5, 5.41) is 9.70. The maximum absolute atomic E-state index is 13.2. The van der Waals surface area contributed by atoms with Gasteiger partial charge in [0.15, 0.2) is 0 Å². The maximum Gasteiger partial charge on any atom is 0.137 e. The highest BCUT2D eigenvalue weighted by Crippen LogP contribution is 2.21. The van der Waals surface area contributed by atoms with E-state index in [1.54, 1.807) is 6.07 Å². The smallest absolute Gasteiger partial charge is 0.137 e. The molecule has 0 saturated carbocycles. The Hall–Kier alpha value is -0.450. The lowest BCUT2D eigenvalue weighted by Crippen LogP contribution is -2.27. The van der Waals surface area contributed by atoms with Crippen LogP contribution in [0.5, 0.6) is 0 Å². The first kappa shape index (κ1) is 12.6. The summed E-state index contributed by atoms with van der Waals surface area (Å²) in [6.07, 6.45) is -0.0191. The first-order valence-corrected chi connectivity index (χ1v) is 5.55. The first-order chi connectivity index (χ1) is 7.00. The van der Waals surface area contributed by atoms with Crippen molar-refractivity contribution in [1.29, 1.82) is 0 Å². The van der Waals surface area contributed by atoms with E-state index in [1.807, 2.05) is 25.1 Å². The third kappa shape index (κ3) is 3.89. The Balaban J connectivity index is 2.68. The second kappa shape index (κ2) is 5.58. The third-order valence-electron chi connectivity index (χ3n) is 2.06. The number of nitrogens with zero attached hydrogens (tertiary/aromatic N) is 1.